The summed E-state index contributed by atoms with van der Waals surface area (Å²) in [7, 11) is 3.79. The van der Waals surface area contributed by atoms with E-state index in [4.69, 9.17) is 4.74 Å². The normalized spacial score (nSPS) is 10.8. The third kappa shape index (κ3) is 3.06. The number of halogens is 1. The largest absolute Gasteiger partial charge is 0.496 e. The summed E-state index contributed by atoms with van der Waals surface area (Å²) in [6, 6.07) is 6.44. The van der Waals surface area contributed by atoms with E-state index < -0.39 is 0 Å². The Kier molecular flexibility index (Phi) is 4.86. The van der Waals surface area contributed by atoms with Crippen molar-refractivity contribution in [3.63, 3.8) is 0 Å². The highest BCUT2D eigenvalue weighted by molar-refractivity contribution is 9.10. The Labute approximate surface area is 129 Å². The van der Waals surface area contributed by atoms with Gasteiger partial charge in [0, 0.05) is 7.05 Å². The van der Waals surface area contributed by atoms with Crippen molar-refractivity contribution in [2.45, 2.75) is 33.1 Å². The number of nitrogens with zero attached hydrogens (tertiary/aromatic N) is 2. The van der Waals surface area contributed by atoms with Crippen molar-refractivity contribution in [1.29, 1.82) is 0 Å². The van der Waals surface area contributed by atoms with Gasteiger partial charge >= 0.3 is 0 Å². The molecular weight excluding hydrogens is 316 g/mol. The standard InChI is InChI=1S/C16H21BrN2O/c1-5-12-6-9-15(20-4)13(10-12)7-8-14-16(17)18-11(2)19(14)3/h6,9-10H,5,7-8H2,1-4H3. The lowest BCUT2D eigenvalue weighted by Crippen LogP contribution is -2.02. The highest BCUT2D eigenvalue weighted by Gasteiger charge is 2.11. The SMILES string of the molecule is CCc1ccc(OC)c(CCc2c(Br)nc(C)n2C)c1. The van der Waals surface area contributed by atoms with Crippen molar-refractivity contribution >= 4 is 15.9 Å². The number of rotatable bonds is 5. The number of hydrogen-bond acceptors (Lipinski definition) is 2. The number of methoxy groups -OCH3 is 1. The predicted octanol–water partition coefficient (Wildman–Crippen LogP) is 3.85. The second-order valence-corrected chi connectivity index (χ2v) is 5.71. The molecule has 0 amide bonds. The molecule has 0 aliphatic heterocycles. The predicted molar refractivity (Wildman–Crippen MR) is 85.4 cm³/mol. The van der Waals surface area contributed by atoms with Crippen LogP contribution >= 0.6 is 15.9 Å². The highest BCUT2D eigenvalue weighted by Crippen LogP contribution is 2.24. The monoisotopic (exact) mass is 336 g/mol. The number of imidazole rings is 1. The lowest BCUT2D eigenvalue weighted by Gasteiger charge is -2.11. The van der Waals surface area contributed by atoms with Crippen LogP contribution < -0.4 is 4.74 Å². The van der Waals surface area contributed by atoms with Crippen LogP contribution in [0.15, 0.2) is 22.8 Å². The van der Waals surface area contributed by atoms with E-state index in [1.165, 1.54) is 16.8 Å². The summed E-state index contributed by atoms with van der Waals surface area (Å²) in [5.74, 6) is 2.00. The maximum Gasteiger partial charge on any atom is 0.127 e. The zero-order valence-corrected chi connectivity index (χ0v) is 14.1. The van der Waals surface area contributed by atoms with Gasteiger partial charge in [0.15, 0.2) is 0 Å². The molecule has 0 saturated heterocycles. The van der Waals surface area contributed by atoms with Gasteiger partial charge in [0.25, 0.3) is 0 Å². The Morgan fingerprint density at radius 1 is 1.30 bits per heavy atom. The minimum absolute atomic E-state index is 0.946. The molecule has 0 aliphatic carbocycles. The van der Waals surface area contributed by atoms with Crippen molar-refractivity contribution in [3.05, 3.63) is 45.4 Å². The number of benzene rings is 1. The maximum absolute atomic E-state index is 5.46. The van der Waals surface area contributed by atoms with Crippen molar-refractivity contribution in [2.24, 2.45) is 7.05 Å². The Hall–Kier alpha value is -1.29. The van der Waals surface area contributed by atoms with E-state index in [-0.39, 0.29) is 0 Å². The van der Waals surface area contributed by atoms with Gasteiger partial charge in [-0.05, 0) is 59.3 Å². The summed E-state index contributed by atoms with van der Waals surface area (Å²) in [5.41, 5.74) is 3.84. The van der Waals surface area contributed by atoms with Gasteiger partial charge < -0.3 is 9.30 Å². The number of hydrogen-bond donors (Lipinski definition) is 0. The first-order valence-electron chi connectivity index (χ1n) is 6.90. The maximum atomic E-state index is 5.46. The topological polar surface area (TPSA) is 27.1 Å². The van der Waals surface area contributed by atoms with E-state index in [0.717, 1.165) is 35.4 Å². The second-order valence-electron chi connectivity index (χ2n) is 4.96. The number of ether oxygens (including phenoxy) is 1. The van der Waals surface area contributed by atoms with Crippen molar-refractivity contribution in [1.82, 2.24) is 9.55 Å². The van der Waals surface area contributed by atoms with E-state index in [2.05, 4.69) is 57.7 Å². The van der Waals surface area contributed by atoms with Gasteiger partial charge in [-0.15, -0.1) is 0 Å². The minimum atomic E-state index is 0.946. The smallest absolute Gasteiger partial charge is 0.127 e. The molecule has 1 heterocycles. The average Bonchev–Trinajstić information content (AvgIpc) is 2.70. The molecule has 0 aliphatic rings. The Balaban J connectivity index is 2.21. The first-order valence-corrected chi connectivity index (χ1v) is 7.69. The Morgan fingerprint density at radius 2 is 2.05 bits per heavy atom. The third-order valence-electron chi connectivity index (χ3n) is 3.77. The average molecular weight is 337 g/mol. The fourth-order valence-corrected chi connectivity index (χ4v) is 3.11. The van der Waals surface area contributed by atoms with E-state index in [1.807, 2.05) is 6.92 Å². The summed E-state index contributed by atoms with van der Waals surface area (Å²) in [6.07, 6.45) is 2.95. The van der Waals surface area contributed by atoms with Crippen LogP contribution in [0.5, 0.6) is 5.75 Å². The van der Waals surface area contributed by atoms with Crippen LogP contribution in [0.2, 0.25) is 0 Å². The molecule has 1 aromatic heterocycles. The molecular formula is C16H21BrN2O. The Morgan fingerprint density at radius 3 is 2.60 bits per heavy atom. The van der Waals surface area contributed by atoms with Gasteiger partial charge in [0.2, 0.25) is 0 Å². The summed E-state index contributed by atoms with van der Waals surface area (Å²) >= 11 is 3.54. The molecule has 108 valence electrons. The van der Waals surface area contributed by atoms with Crippen LogP contribution in [0, 0.1) is 6.92 Å². The van der Waals surface area contributed by atoms with E-state index in [9.17, 15) is 0 Å². The first kappa shape index (κ1) is 15.1. The molecule has 0 radical (unpaired) electrons. The van der Waals surface area contributed by atoms with Crippen molar-refractivity contribution in [3.8, 4) is 5.75 Å². The molecule has 0 unspecified atom stereocenters. The summed E-state index contributed by atoms with van der Waals surface area (Å²) in [6.45, 7) is 4.19. The van der Waals surface area contributed by atoms with Gasteiger partial charge in [0.05, 0.1) is 12.8 Å². The van der Waals surface area contributed by atoms with Crippen LogP contribution in [-0.2, 0) is 26.3 Å². The van der Waals surface area contributed by atoms with Crippen LogP contribution in [0.4, 0.5) is 0 Å². The summed E-state index contributed by atoms with van der Waals surface area (Å²) in [5, 5.41) is 0. The third-order valence-corrected chi connectivity index (χ3v) is 4.41. The van der Waals surface area contributed by atoms with Gasteiger partial charge in [-0.1, -0.05) is 19.1 Å². The minimum Gasteiger partial charge on any atom is -0.496 e. The van der Waals surface area contributed by atoms with Crippen LogP contribution in [-0.4, -0.2) is 16.7 Å². The first-order chi connectivity index (χ1) is 9.56. The molecule has 3 nitrogen and oxygen atoms in total. The highest BCUT2D eigenvalue weighted by atomic mass is 79.9. The molecule has 0 atom stereocenters. The van der Waals surface area contributed by atoms with Gasteiger partial charge in [-0.3, -0.25) is 0 Å². The quantitative estimate of drug-likeness (QED) is 0.829. The molecule has 0 saturated carbocycles. The zero-order chi connectivity index (χ0) is 14.7. The molecule has 0 fully saturated rings. The molecule has 4 heteroatoms. The van der Waals surface area contributed by atoms with E-state index in [1.54, 1.807) is 7.11 Å². The van der Waals surface area contributed by atoms with Gasteiger partial charge in [-0.2, -0.15) is 0 Å². The molecule has 1 aromatic carbocycles. The molecule has 20 heavy (non-hydrogen) atoms. The number of aryl methyl sites for hydroxylation is 3. The van der Waals surface area contributed by atoms with Crippen LogP contribution in [0.3, 0.4) is 0 Å². The lowest BCUT2D eigenvalue weighted by molar-refractivity contribution is 0.409. The fraction of sp³-hybridized carbons (Fsp3) is 0.438. The van der Waals surface area contributed by atoms with E-state index >= 15 is 0 Å². The summed E-state index contributed by atoms with van der Waals surface area (Å²) in [4.78, 5) is 4.45. The molecule has 2 aromatic rings. The lowest BCUT2D eigenvalue weighted by atomic mass is 10.0. The van der Waals surface area contributed by atoms with Crippen molar-refractivity contribution in [2.75, 3.05) is 7.11 Å². The molecule has 0 spiro atoms. The number of aromatic nitrogens is 2. The fourth-order valence-electron chi connectivity index (χ4n) is 2.39. The molecule has 0 bridgehead atoms. The van der Waals surface area contributed by atoms with Crippen LogP contribution in [0.1, 0.15) is 29.6 Å². The van der Waals surface area contributed by atoms with Gasteiger partial charge in [0.1, 0.15) is 16.2 Å². The molecule has 0 N–H and O–H groups in total. The van der Waals surface area contributed by atoms with E-state index in [0.29, 0.717) is 0 Å². The van der Waals surface area contributed by atoms with Gasteiger partial charge in [-0.25, -0.2) is 4.98 Å². The Bertz CT molecular complexity index is 605. The van der Waals surface area contributed by atoms with Crippen molar-refractivity contribution < 1.29 is 4.74 Å². The molecule has 2 rings (SSSR count). The summed E-state index contributed by atoms with van der Waals surface area (Å²) < 4.78 is 8.55. The zero-order valence-electron chi connectivity index (χ0n) is 12.5. The second kappa shape index (κ2) is 6.44. The van der Waals surface area contributed by atoms with Crippen LogP contribution in [0.25, 0.3) is 0 Å².